The number of amides is 1. The number of anilines is 1. The maximum atomic E-state index is 14.3. The molecule has 7 nitrogen and oxygen atoms in total. The van der Waals surface area contributed by atoms with Crippen LogP contribution < -0.4 is 10.9 Å². The Morgan fingerprint density at radius 3 is 2.50 bits per heavy atom. The number of carbonyl (C=O) groups excluding carboxylic acids is 1. The SMILES string of the molecule is Cc1nn(-c2ccc(=O)[nH]n2)c2c1[C@H](c1c(F)cccc1F)CC(=O)N2. The Hall–Kier alpha value is -3.36. The molecule has 26 heavy (non-hydrogen) atoms. The zero-order chi connectivity index (χ0) is 18.4. The first kappa shape index (κ1) is 16.1. The summed E-state index contributed by atoms with van der Waals surface area (Å²) in [5, 5.41) is 13.2. The molecular formula is C17H13F2N5O2. The third-order valence-electron chi connectivity index (χ3n) is 4.33. The first-order chi connectivity index (χ1) is 12.5. The topological polar surface area (TPSA) is 92.7 Å². The van der Waals surface area contributed by atoms with Gasteiger partial charge in [0.2, 0.25) is 5.91 Å². The Bertz CT molecular complexity index is 1050. The number of hydrogen-bond acceptors (Lipinski definition) is 4. The highest BCUT2D eigenvalue weighted by Crippen LogP contribution is 2.41. The highest BCUT2D eigenvalue weighted by molar-refractivity contribution is 5.95. The Morgan fingerprint density at radius 1 is 1.12 bits per heavy atom. The van der Waals surface area contributed by atoms with E-state index >= 15 is 0 Å². The van der Waals surface area contributed by atoms with E-state index in [2.05, 4.69) is 20.6 Å². The number of benzene rings is 1. The van der Waals surface area contributed by atoms with E-state index in [0.717, 1.165) is 12.1 Å². The molecule has 0 spiro atoms. The van der Waals surface area contributed by atoms with Crippen LogP contribution in [0.25, 0.3) is 5.82 Å². The molecule has 0 fully saturated rings. The number of aromatic nitrogens is 4. The quantitative estimate of drug-likeness (QED) is 0.734. The average molecular weight is 357 g/mol. The third-order valence-corrected chi connectivity index (χ3v) is 4.33. The number of H-pyrrole nitrogens is 1. The van der Waals surface area contributed by atoms with Gasteiger partial charge >= 0.3 is 0 Å². The van der Waals surface area contributed by atoms with E-state index in [1.54, 1.807) is 6.92 Å². The molecular weight excluding hydrogens is 344 g/mol. The van der Waals surface area contributed by atoms with Gasteiger partial charge in [0, 0.05) is 29.5 Å². The normalized spacial score (nSPS) is 16.3. The molecule has 0 saturated carbocycles. The summed E-state index contributed by atoms with van der Waals surface area (Å²) in [6, 6.07) is 6.30. The summed E-state index contributed by atoms with van der Waals surface area (Å²) in [5.41, 5.74) is 0.463. The standard InChI is InChI=1S/C17H13F2N5O2/c1-8-15-9(16-10(18)3-2-4-11(16)19)7-14(26)20-17(15)24(23-8)12-5-6-13(25)22-21-12/h2-6,9H,7H2,1H3,(H,20,26)(H,22,25)/t9-/m1/s1. The molecule has 0 bridgehead atoms. The molecule has 0 radical (unpaired) electrons. The molecule has 0 saturated heterocycles. The largest absolute Gasteiger partial charge is 0.310 e. The first-order valence-corrected chi connectivity index (χ1v) is 7.85. The number of rotatable bonds is 2. The number of aromatic amines is 1. The molecule has 1 atom stereocenters. The molecule has 1 aliphatic heterocycles. The van der Waals surface area contributed by atoms with Crippen LogP contribution in [0.2, 0.25) is 0 Å². The molecule has 9 heteroatoms. The fourth-order valence-electron chi connectivity index (χ4n) is 3.26. The van der Waals surface area contributed by atoms with Gasteiger partial charge in [-0.1, -0.05) is 6.07 Å². The van der Waals surface area contributed by atoms with E-state index in [9.17, 15) is 18.4 Å². The van der Waals surface area contributed by atoms with Crippen molar-refractivity contribution in [1.29, 1.82) is 0 Å². The average Bonchev–Trinajstić information content (AvgIpc) is 2.92. The van der Waals surface area contributed by atoms with Gasteiger partial charge in [-0.2, -0.15) is 14.9 Å². The minimum Gasteiger partial charge on any atom is -0.310 e. The van der Waals surface area contributed by atoms with Crippen molar-refractivity contribution in [2.24, 2.45) is 0 Å². The van der Waals surface area contributed by atoms with E-state index in [4.69, 9.17) is 0 Å². The van der Waals surface area contributed by atoms with E-state index in [-0.39, 0.29) is 29.2 Å². The van der Waals surface area contributed by atoms with Crippen molar-refractivity contribution < 1.29 is 13.6 Å². The van der Waals surface area contributed by atoms with Crippen molar-refractivity contribution in [3.8, 4) is 5.82 Å². The van der Waals surface area contributed by atoms with Crippen LogP contribution in [0.4, 0.5) is 14.6 Å². The summed E-state index contributed by atoms with van der Waals surface area (Å²) < 4.78 is 30.0. The predicted molar refractivity (Wildman–Crippen MR) is 88.2 cm³/mol. The van der Waals surface area contributed by atoms with Gasteiger partial charge in [0.25, 0.3) is 5.56 Å². The van der Waals surface area contributed by atoms with Crippen LogP contribution in [0, 0.1) is 18.6 Å². The summed E-state index contributed by atoms with van der Waals surface area (Å²) in [6.45, 7) is 1.68. The lowest BCUT2D eigenvalue weighted by Gasteiger charge is -2.24. The zero-order valence-corrected chi connectivity index (χ0v) is 13.6. The van der Waals surface area contributed by atoms with Gasteiger partial charge in [0.1, 0.15) is 17.5 Å². The number of halogens is 2. The van der Waals surface area contributed by atoms with Crippen LogP contribution in [0.3, 0.4) is 0 Å². The molecule has 132 valence electrons. The molecule has 2 N–H and O–H groups in total. The van der Waals surface area contributed by atoms with Gasteiger partial charge < -0.3 is 5.32 Å². The minimum absolute atomic E-state index is 0.101. The van der Waals surface area contributed by atoms with Gasteiger partial charge in [-0.25, -0.2) is 13.9 Å². The molecule has 3 heterocycles. The second kappa shape index (κ2) is 5.87. The Balaban J connectivity index is 1.93. The van der Waals surface area contributed by atoms with Crippen LogP contribution in [-0.4, -0.2) is 25.9 Å². The molecule has 0 aliphatic carbocycles. The number of carbonyl (C=O) groups is 1. The van der Waals surface area contributed by atoms with Crippen molar-refractivity contribution in [3.05, 3.63) is 69.1 Å². The smallest absolute Gasteiger partial charge is 0.264 e. The lowest BCUT2D eigenvalue weighted by atomic mass is 9.85. The Morgan fingerprint density at radius 2 is 1.85 bits per heavy atom. The van der Waals surface area contributed by atoms with Crippen molar-refractivity contribution >= 4 is 11.7 Å². The highest BCUT2D eigenvalue weighted by Gasteiger charge is 2.35. The number of hydrogen-bond donors (Lipinski definition) is 2. The minimum atomic E-state index is -0.809. The fraction of sp³-hybridized carbons (Fsp3) is 0.176. The molecule has 3 aromatic rings. The Labute approximate surface area is 145 Å². The second-order valence-electron chi connectivity index (χ2n) is 5.98. The van der Waals surface area contributed by atoms with Crippen molar-refractivity contribution in [3.63, 3.8) is 0 Å². The van der Waals surface area contributed by atoms with Gasteiger partial charge in [-0.15, -0.1) is 0 Å². The summed E-state index contributed by atoms with van der Waals surface area (Å²) in [5.74, 6) is -2.09. The van der Waals surface area contributed by atoms with E-state index < -0.39 is 23.5 Å². The summed E-state index contributed by atoms with van der Waals surface area (Å²) >= 11 is 0. The molecule has 1 aromatic carbocycles. The molecule has 4 rings (SSSR count). The molecule has 1 aliphatic rings. The van der Waals surface area contributed by atoms with Crippen molar-refractivity contribution in [2.45, 2.75) is 19.3 Å². The summed E-state index contributed by atoms with van der Waals surface area (Å²) in [7, 11) is 0. The first-order valence-electron chi connectivity index (χ1n) is 7.85. The monoisotopic (exact) mass is 357 g/mol. The second-order valence-corrected chi connectivity index (χ2v) is 5.98. The Kier molecular flexibility index (Phi) is 3.64. The lowest BCUT2D eigenvalue weighted by Crippen LogP contribution is -2.26. The number of nitrogens with zero attached hydrogens (tertiary/aromatic N) is 3. The summed E-state index contributed by atoms with van der Waals surface area (Å²) in [4.78, 5) is 23.4. The zero-order valence-electron chi connectivity index (χ0n) is 13.6. The van der Waals surface area contributed by atoms with E-state index in [1.807, 2.05) is 0 Å². The predicted octanol–water partition coefficient (Wildman–Crippen LogP) is 2.02. The van der Waals surface area contributed by atoms with Crippen LogP contribution >= 0.6 is 0 Å². The fourth-order valence-corrected chi connectivity index (χ4v) is 3.26. The number of fused-ring (bicyclic) bond motifs is 1. The number of aryl methyl sites for hydroxylation is 1. The maximum absolute atomic E-state index is 14.3. The van der Waals surface area contributed by atoms with Crippen molar-refractivity contribution in [2.75, 3.05) is 5.32 Å². The van der Waals surface area contributed by atoms with Gasteiger partial charge in [-0.3, -0.25) is 9.59 Å². The van der Waals surface area contributed by atoms with Crippen molar-refractivity contribution in [1.82, 2.24) is 20.0 Å². The van der Waals surface area contributed by atoms with E-state index in [1.165, 1.54) is 22.9 Å². The number of nitrogens with one attached hydrogen (secondary N) is 2. The highest BCUT2D eigenvalue weighted by atomic mass is 19.1. The maximum Gasteiger partial charge on any atom is 0.264 e. The molecule has 1 amide bonds. The van der Waals surface area contributed by atoms with Crippen LogP contribution in [0.5, 0.6) is 0 Å². The van der Waals surface area contributed by atoms with Crippen LogP contribution in [0.15, 0.2) is 35.1 Å². The van der Waals surface area contributed by atoms with Crippen LogP contribution in [-0.2, 0) is 4.79 Å². The van der Waals surface area contributed by atoms with Gasteiger partial charge in [0.05, 0.1) is 5.69 Å². The third kappa shape index (κ3) is 2.48. The van der Waals surface area contributed by atoms with Crippen LogP contribution in [0.1, 0.15) is 29.2 Å². The lowest BCUT2D eigenvalue weighted by molar-refractivity contribution is -0.116. The molecule has 0 unspecified atom stereocenters. The molecule has 2 aromatic heterocycles. The van der Waals surface area contributed by atoms with E-state index in [0.29, 0.717) is 11.3 Å². The van der Waals surface area contributed by atoms with Gasteiger partial charge in [0.15, 0.2) is 5.82 Å². The summed E-state index contributed by atoms with van der Waals surface area (Å²) in [6.07, 6.45) is -0.101. The van der Waals surface area contributed by atoms with Gasteiger partial charge in [-0.05, 0) is 25.1 Å².